The molecule has 1 unspecified atom stereocenters. The van der Waals surface area contributed by atoms with Crippen LogP contribution in [-0.4, -0.2) is 24.7 Å². The van der Waals surface area contributed by atoms with Crippen LogP contribution in [0, 0.1) is 5.92 Å². The highest BCUT2D eigenvalue weighted by atomic mass is 16.5. The lowest BCUT2D eigenvalue weighted by atomic mass is 10.0. The van der Waals surface area contributed by atoms with E-state index in [0.717, 1.165) is 11.1 Å². The molecule has 0 saturated carbocycles. The van der Waals surface area contributed by atoms with Gasteiger partial charge in [-0.3, -0.25) is 4.98 Å². The Balaban J connectivity index is 2.30. The third kappa shape index (κ3) is 2.79. The molecule has 96 valence electrons. The predicted molar refractivity (Wildman–Crippen MR) is 75.9 cm³/mol. The SMILES string of the molecule is COCC(Nc1cccc2cnccc12)C(C)C. The Hall–Kier alpha value is -1.61. The first kappa shape index (κ1) is 12.8. The Morgan fingerprint density at radius 3 is 2.83 bits per heavy atom. The molecule has 1 N–H and O–H groups in total. The second kappa shape index (κ2) is 5.83. The minimum absolute atomic E-state index is 0.314. The van der Waals surface area contributed by atoms with Crippen molar-refractivity contribution in [1.82, 2.24) is 4.98 Å². The Morgan fingerprint density at radius 2 is 2.11 bits per heavy atom. The summed E-state index contributed by atoms with van der Waals surface area (Å²) in [6.07, 6.45) is 3.72. The number of hydrogen-bond acceptors (Lipinski definition) is 3. The van der Waals surface area contributed by atoms with Crippen LogP contribution in [0.5, 0.6) is 0 Å². The van der Waals surface area contributed by atoms with Crippen LogP contribution in [0.1, 0.15) is 13.8 Å². The molecule has 18 heavy (non-hydrogen) atoms. The first-order chi connectivity index (χ1) is 8.72. The summed E-state index contributed by atoms with van der Waals surface area (Å²) >= 11 is 0. The van der Waals surface area contributed by atoms with E-state index in [1.54, 1.807) is 7.11 Å². The zero-order chi connectivity index (χ0) is 13.0. The van der Waals surface area contributed by atoms with E-state index in [1.807, 2.05) is 18.5 Å². The Bertz CT molecular complexity index is 505. The van der Waals surface area contributed by atoms with Gasteiger partial charge in [-0.15, -0.1) is 0 Å². The van der Waals surface area contributed by atoms with Crippen LogP contribution in [0.15, 0.2) is 36.7 Å². The highest BCUT2D eigenvalue weighted by Crippen LogP contribution is 2.24. The zero-order valence-electron chi connectivity index (χ0n) is 11.2. The third-order valence-electron chi connectivity index (χ3n) is 3.17. The lowest BCUT2D eigenvalue weighted by molar-refractivity contribution is 0.171. The van der Waals surface area contributed by atoms with E-state index in [9.17, 15) is 0 Å². The average Bonchev–Trinajstić information content (AvgIpc) is 2.38. The number of rotatable bonds is 5. The van der Waals surface area contributed by atoms with Crippen molar-refractivity contribution in [1.29, 1.82) is 0 Å². The Morgan fingerprint density at radius 1 is 1.28 bits per heavy atom. The smallest absolute Gasteiger partial charge is 0.0666 e. The number of fused-ring (bicyclic) bond motifs is 1. The molecule has 0 saturated heterocycles. The predicted octanol–water partition coefficient (Wildman–Crippen LogP) is 3.32. The van der Waals surface area contributed by atoms with E-state index < -0.39 is 0 Å². The lowest BCUT2D eigenvalue weighted by Gasteiger charge is -2.23. The summed E-state index contributed by atoms with van der Waals surface area (Å²) in [6, 6.07) is 8.59. The highest BCUT2D eigenvalue weighted by Gasteiger charge is 2.13. The molecule has 0 aliphatic carbocycles. The van der Waals surface area contributed by atoms with Gasteiger partial charge in [-0.05, 0) is 18.1 Å². The van der Waals surface area contributed by atoms with Gasteiger partial charge in [0.05, 0.1) is 12.6 Å². The summed E-state index contributed by atoms with van der Waals surface area (Å²) in [4.78, 5) is 4.15. The molecule has 3 heteroatoms. The van der Waals surface area contributed by atoms with Crippen molar-refractivity contribution >= 4 is 16.5 Å². The number of aromatic nitrogens is 1. The summed E-state index contributed by atoms with van der Waals surface area (Å²) < 4.78 is 5.27. The zero-order valence-corrected chi connectivity index (χ0v) is 11.2. The van der Waals surface area contributed by atoms with Gasteiger partial charge in [0.1, 0.15) is 0 Å². The second-order valence-corrected chi connectivity index (χ2v) is 4.85. The number of benzene rings is 1. The summed E-state index contributed by atoms with van der Waals surface area (Å²) in [6.45, 7) is 5.10. The maximum absolute atomic E-state index is 5.27. The van der Waals surface area contributed by atoms with Gasteiger partial charge in [0.25, 0.3) is 0 Å². The molecular weight excluding hydrogens is 224 g/mol. The lowest BCUT2D eigenvalue weighted by Crippen LogP contribution is -2.30. The van der Waals surface area contributed by atoms with E-state index in [1.165, 1.54) is 5.39 Å². The molecule has 1 heterocycles. The standard InChI is InChI=1S/C15H20N2O/c1-11(2)15(10-18-3)17-14-6-4-5-12-9-16-8-7-13(12)14/h4-9,11,15,17H,10H2,1-3H3. The Kier molecular flexibility index (Phi) is 4.15. The number of nitrogens with one attached hydrogen (secondary N) is 1. The van der Waals surface area contributed by atoms with Crippen molar-refractivity contribution in [2.75, 3.05) is 19.0 Å². The maximum atomic E-state index is 5.27. The fraction of sp³-hybridized carbons (Fsp3) is 0.400. The molecule has 2 rings (SSSR count). The number of pyridine rings is 1. The van der Waals surface area contributed by atoms with E-state index >= 15 is 0 Å². The monoisotopic (exact) mass is 244 g/mol. The van der Waals surface area contributed by atoms with Gasteiger partial charge in [0, 0.05) is 36.0 Å². The van der Waals surface area contributed by atoms with Crippen LogP contribution in [0.2, 0.25) is 0 Å². The second-order valence-electron chi connectivity index (χ2n) is 4.85. The number of ether oxygens (including phenoxy) is 1. The van der Waals surface area contributed by atoms with Gasteiger partial charge in [0.15, 0.2) is 0 Å². The summed E-state index contributed by atoms with van der Waals surface area (Å²) in [5.41, 5.74) is 1.14. The molecule has 0 amide bonds. The number of nitrogens with zero attached hydrogens (tertiary/aromatic N) is 1. The van der Waals surface area contributed by atoms with Gasteiger partial charge in [-0.25, -0.2) is 0 Å². The van der Waals surface area contributed by atoms with Crippen LogP contribution in [0.25, 0.3) is 10.8 Å². The van der Waals surface area contributed by atoms with Gasteiger partial charge >= 0.3 is 0 Å². The molecule has 2 aromatic rings. The van der Waals surface area contributed by atoms with Crippen molar-refractivity contribution in [3.8, 4) is 0 Å². The van der Waals surface area contributed by atoms with E-state index in [2.05, 4.69) is 42.3 Å². The molecule has 0 spiro atoms. The van der Waals surface area contributed by atoms with Crippen LogP contribution >= 0.6 is 0 Å². The quantitative estimate of drug-likeness (QED) is 0.876. The van der Waals surface area contributed by atoms with E-state index in [0.29, 0.717) is 18.6 Å². The summed E-state index contributed by atoms with van der Waals surface area (Å²) in [5, 5.41) is 5.93. The minimum atomic E-state index is 0.314. The van der Waals surface area contributed by atoms with Crippen LogP contribution < -0.4 is 5.32 Å². The van der Waals surface area contributed by atoms with Crippen molar-refractivity contribution in [3.63, 3.8) is 0 Å². The fourth-order valence-corrected chi connectivity index (χ4v) is 2.03. The van der Waals surface area contributed by atoms with Gasteiger partial charge in [-0.1, -0.05) is 26.0 Å². The normalized spacial score (nSPS) is 12.9. The maximum Gasteiger partial charge on any atom is 0.0666 e. The fourth-order valence-electron chi connectivity index (χ4n) is 2.03. The molecule has 3 nitrogen and oxygen atoms in total. The molecule has 0 aliphatic heterocycles. The molecule has 1 aromatic carbocycles. The van der Waals surface area contributed by atoms with Crippen molar-refractivity contribution < 1.29 is 4.74 Å². The highest BCUT2D eigenvalue weighted by molar-refractivity contribution is 5.93. The van der Waals surface area contributed by atoms with Gasteiger partial charge in [0.2, 0.25) is 0 Å². The molecule has 0 radical (unpaired) electrons. The molecule has 1 atom stereocenters. The molecule has 0 bridgehead atoms. The topological polar surface area (TPSA) is 34.1 Å². The number of hydrogen-bond donors (Lipinski definition) is 1. The molecule has 0 fully saturated rings. The van der Waals surface area contributed by atoms with E-state index in [4.69, 9.17) is 4.74 Å². The number of methoxy groups -OCH3 is 1. The van der Waals surface area contributed by atoms with Gasteiger partial charge < -0.3 is 10.1 Å². The van der Waals surface area contributed by atoms with E-state index in [-0.39, 0.29) is 0 Å². The van der Waals surface area contributed by atoms with Crippen molar-refractivity contribution in [2.24, 2.45) is 5.92 Å². The van der Waals surface area contributed by atoms with Gasteiger partial charge in [-0.2, -0.15) is 0 Å². The van der Waals surface area contributed by atoms with Crippen molar-refractivity contribution in [3.05, 3.63) is 36.7 Å². The molecule has 0 aliphatic rings. The molecular formula is C15H20N2O. The third-order valence-corrected chi connectivity index (χ3v) is 3.17. The first-order valence-corrected chi connectivity index (χ1v) is 6.30. The minimum Gasteiger partial charge on any atom is -0.383 e. The summed E-state index contributed by atoms with van der Waals surface area (Å²) in [7, 11) is 1.74. The Labute approximate surface area is 108 Å². The van der Waals surface area contributed by atoms with Crippen molar-refractivity contribution in [2.45, 2.75) is 19.9 Å². The number of anilines is 1. The molecule has 1 aromatic heterocycles. The first-order valence-electron chi connectivity index (χ1n) is 6.30. The van der Waals surface area contributed by atoms with Crippen LogP contribution in [0.3, 0.4) is 0 Å². The average molecular weight is 244 g/mol. The summed E-state index contributed by atoms with van der Waals surface area (Å²) in [5.74, 6) is 0.516. The van der Waals surface area contributed by atoms with Crippen LogP contribution in [-0.2, 0) is 4.74 Å². The largest absolute Gasteiger partial charge is 0.383 e. The van der Waals surface area contributed by atoms with Crippen LogP contribution in [0.4, 0.5) is 5.69 Å².